The van der Waals surface area contributed by atoms with Crippen molar-refractivity contribution in [2.45, 2.75) is 0 Å². The van der Waals surface area contributed by atoms with Crippen molar-refractivity contribution in [1.29, 1.82) is 0 Å². The third-order valence-corrected chi connectivity index (χ3v) is 3.16. The third-order valence-electron chi connectivity index (χ3n) is 3.16. The van der Waals surface area contributed by atoms with Gasteiger partial charge in [0, 0.05) is 16.9 Å². The van der Waals surface area contributed by atoms with Gasteiger partial charge in [-0.15, -0.1) is 0 Å². The number of nitrogen functional groups attached to an aromatic ring is 1. The number of nitrogens with two attached hydrogens (primary N) is 1. The van der Waals surface area contributed by atoms with Crippen LogP contribution in [0.2, 0.25) is 0 Å². The van der Waals surface area contributed by atoms with Gasteiger partial charge >= 0.3 is 0 Å². The number of amides is 1. The van der Waals surface area contributed by atoms with Crippen LogP contribution in [0.5, 0.6) is 0 Å². The maximum absolute atomic E-state index is 12.1. The van der Waals surface area contributed by atoms with Gasteiger partial charge in [0.2, 0.25) is 0 Å². The number of anilines is 2. The number of benzene rings is 3. The standard InChI is InChI=1S/C17H14N2O/c18-15-8-6-14-11-16(9-7-13(14)10-15)19-17(20)12-4-2-1-3-5-12/h1-11H,18H2,(H,19,20). The predicted molar refractivity (Wildman–Crippen MR) is 82.8 cm³/mol. The molecule has 0 bridgehead atoms. The molecule has 3 N–H and O–H groups in total. The Kier molecular flexibility index (Phi) is 3.09. The minimum atomic E-state index is -0.111. The van der Waals surface area contributed by atoms with Gasteiger partial charge in [0.05, 0.1) is 0 Å². The van der Waals surface area contributed by atoms with Gasteiger partial charge in [-0.1, -0.05) is 30.3 Å². The SMILES string of the molecule is Nc1ccc2cc(NC(=O)c3ccccc3)ccc2c1. The Morgan fingerprint density at radius 3 is 2.35 bits per heavy atom. The summed E-state index contributed by atoms with van der Waals surface area (Å²) in [7, 11) is 0. The first-order chi connectivity index (χ1) is 9.72. The van der Waals surface area contributed by atoms with Gasteiger partial charge in [0.1, 0.15) is 0 Å². The average molecular weight is 262 g/mol. The fourth-order valence-corrected chi connectivity index (χ4v) is 2.13. The monoisotopic (exact) mass is 262 g/mol. The van der Waals surface area contributed by atoms with Crippen molar-refractivity contribution < 1.29 is 4.79 Å². The van der Waals surface area contributed by atoms with Crippen LogP contribution in [-0.2, 0) is 0 Å². The van der Waals surface area contributed by atoms with E-state index in [9.17, 15) is 4.79 Å². The normalized spacial score (nSPS) is 10.4. The van der Waals surface area contributed by atoms with Crippen molar-refractivity contribution >= 4 is 28.1 Å². The maximum atomic E-state index is 12.1. The molecule has 3 nitrogen and oxygen atoms in total. The zero-order valence-electron chi connectivity index (χ0n) is 10.8. The lowest BCUT2D eigenvalue weighted by molar-refractivity contribution is 0.102. The molecule has 20 heavy (non-hydrogen) atoms. The van der Waals surface area contributed by atoms with Crippen LogP contribution in [0.4, 0.5) is 11.4 Å². The molecule has 3 aromatic carbocycles. The zero-order chi connectivity index (χ0) is 13.9. The van der Waals surface area contributed by atoms with Crippen molar-refractivity contribution in [2.24, 2.45) is 0 Å². The Morgan fingerprint density at radius 2 is 1.55 bits per heavy atom. The molecule has 0 spiro atoms. The third kappa shape index (κ3) is 2.47. The molecule has 0 aliphatic rings. The molecule has 0 saturated carbocycles. The van der Waals surface area contributed by atoms with E-state index in [0.29, 0.717) is 5.56 Å². The summed E-state index contributed by atoms with van der Waals surface area (Å²) in [5, 5.41) is 5.00. The second-order valence-corrected chi connectivity index (χ2v) is 4.64. The second kappa shape index (κ2) is 5.05. The molecule has 0 aliphatic heterocycles. The van der Waals surface area contributed by atoms with Crippen molar-refractivity contribution in [3.8, 4) is 0 Å². The minimum Gasteiger partial charge on any atom is -0.399 e. The number of hydrogen-bond acceptors (Lipinski definition) is 2. The quantitative estimate of drug-likeness (QED) is 0.692. The van der Waals surface area contributed by atoms with Crippen molar-refractivity contribution in [2.75, 3.05) is 11.1 Å². The molecule has 0 aromatic heterocycles. The molecule has 3 heteroatoms. The molecule has 0 atom stereocenters. The lowest BCUT2D eigenvalue weighted by Crippen LogP contribution is -2.11. The van der Waals surface area contributed by atoms with Gasteiger partial charge in [0.15, 0.2) is 0 Å². The molecular formula is C17H14N2O. The van der Waals surface area contributed by atoms with Crippen LogP contribution in [0, 0.1) is 0 Å². The van der Waals surface area contributed by atoms with Crippen molar-refractivity contribution in [1.82, 2.24) is 0 Å². The van der Waals surface area contributed by atoms with Crippen LogP contribution in [0.3, 0.4) is 0 Å². The highest BCUT2D eigenvalue weighted by Gasteiger charge is 2.05. The van der Waals surface area contributed by atoms with Gasteiger partial charge in [0.25, 0.3) is 5.91 Å². The van der Waals surface area contributed by atoms with E-state index in [1.165, 1.54) is 0 Å². The summed E-state index contributed by atoms with van der Waals surface area (Å²) in [5.41, 5.74) is 7.90. The minimum absolute atomic E-state index is 0.111. The van der Waals surface area contributed by atoms with Crippen LogP contribution in [-0.4, -0.2) is 5.91 Å². The van der Waals surface area contributed by atoms with E-state index < -0.39 is 0 Å². The van der Waals surface area contributed by atoms with Crippen molar-refractivity contribution in [3.05, 3.63) is 72.3 Å². The van der Waals surface area contributed by atoms with Crippen LogP contribution < -0.4 is 11.1 Å². The first-order valence-electron chi connectivity index (χ1n) is 6.38. The van der Waals surface area contributed by atoms with Gasteiger partial charge in [-0.25, -0.2) is 0 Å². The first kappa shape index (κ1) is 12.2. The molecule has 0 unspecified atom stereocenters. The largest absolute Gasteiger partial charge is 0.399 e. The fraction of sp³-hybridized carbons (Fsp3) is 0. The van der Waals surface area contributed by atoms with E-state index in [4.69, 9.17) is 5.73 Å². The highest BCUT2D eigenvalue weighted by molar-refractivity contribution is 6.05. The van der Waals surface area contributed by atoms with E-state index in [-0.39, 0.29) is 5.91 Å². The van der Waals surface area contributed by atoms with Crippen molar-refractivity contribution in [3.63, 3.8) is 0 Å². The topological polar surface area (TPSA) is 55.1 Å². The number of carbonyl (C=O) groups is 1. The lowest BCUT2D eigenvalue weighted by atomic mass is 10.1. The molecule has 0 radical (unpaired) electrons. The molecular weight excluding hydrogens is 248 g/mol. The molecule has 0 fully saturated rings. The average Bonchev–Trinajstić information content (AvgIpc) is 2.48. The number of carbonyl (C=O) groups excluding carboxylic acids is 1. The zero-order valence-corrected chi connectivity index (χ0v) is 10.8. The molecule has 3 rings (SSSR count). The lowest BCUT2D eigenvalue weighted by Gasteiger charge is -2.07. The van der Waals surface area contributed by atoms with Crippen LogP contribution in [0.15, 0.2) is 66.7 Å². The van der Waals surface area contributed by atoms with Gasteiger partial charge < -0.3 is 11.1 Å². The van der Waals surface area contributed by atoms with Gasteiger partial charge in [-0.2, -0.15) is 0 Å². The highest BCUT2D eigenvalue weighted by Crippen LogP contribution is 2.21. The second-order valence-electron chi connectivity index (χ2n) is 4.64. The van der Waals surface area contributed by atoms with E-state index in [1.807, 2.05) is 54.6 Å². The fourth-order valence-electron chi connectivity index (χ4n) is 2.13. The summed E-state index contributed by atoms with van der Waals surface area (Å²) in [4.78, 5) is 12.1. The Bertz CT molecular complexity index is 766. The Balaban J connectivity index is 1.88. The number of fused-ring (bicyclic) bond motifs is 1. The summed E-state index contributed by atoms with van der Waals surface area (Å²) in [6, 6.07) is 20.6. The summed E-state index contributed by atoms with van der Waals surface area (Å²) < 4.78 is 0. The number of nitrogens with one attached hydrogen (secondary N) is 1. The highest BCUT2D eigenvalue weighted by atomic mass is 16.1. The smallest absolute Gasteiger partial charge is 0.255 e. The summed E-state index contributed by atoms with van der Waals surface area (Å²) >= 11 is 0. The summed E-state index contributed by atoms with van der Waals surface area (Å²) in [6.07, 6.45) is 0. The molecule has 0 aliphatic carbocycles. The predicted octanol–water partition coefficient (Wildman–Crippen LogP) is 3.67. The Hall–Kier alpha value is -2.81. The van der Waals surface area contributed by atoms with E-state index in [1.54, 1.807) is 12.1 Å². The van der Waals surface area contributed by atoms with E-state index in [2.05, 4.69) is 5.32 Å². The van der Waals surface area contributed by atoms with Crippen LogP contribution >= 0.6 is 0 Å². The molecule has 0 heterocycles. The number of hydrogen-bond donors (Lipinski definition) is 2. The van der Waals surface area contributed by atoms with Gasteiger partial charge in [-0.3, -0.25) is 4.79 Å². The van der Waals surface area contributed by atoms with Crippen LogP contribution in [0.25, 0.3) is 10.8 Å². The Labute approximate surface area is 117 Å². The Morgan fingerprint density at radius 1 is 0.850 bits per heavy atom. The molecule has 1 amide bonds. The summed E-state index contributed by atoms with van der Waals surface area (Å²) in [6.45, 7) is 0. The molecule has 3 aromatic rings. The number of rotatable bonds is 2. The first-order valence-corrected chi connectivity index (χ1v) is 6.38. The van der Waals surface area contributed by atoms with E-state index >= 15 is 0 Å². The van der Waals surface area contributed by atoms with E-state index in [0.717, 1.165) is 22.1 Å². The van der Waals surface area contributed by atoms with Crippen LogP contribution in [0.1, 0.15) is 10.4 Å². The molecule has 0 saturated heterocycles. The maximum Gasteiger partial charge on any atom is 0.255 e. The summed E-state index contributed by atoms with van der Waals surface area (Å²) in [5.74, 6) is -0.111. The molecule has 98 valence electrons. The van der Waals surface area contributed by atoms with Gasteiger partial charge in [-0.05, 0) is 47.2 Å².